The summed E-state index contributed by atoms with van der Waals surface area (Å²) in [4.78, 5) is 0. The number of alkyl halides is 2. The maximum Gasteiger partial charge on any atom is 0.263 e. The summed E-state index contributed by atoms with van der Waals surface area (Å²) in [5.74, 6) is 0.162. The third-order valence-corrected chi connectivity index (χ3v) is 2.34. The fourth-order valence-electron chi connectivity index (χ4n) is 1.51. The Kier molecular flexibility index (Phi) is 2.86. The summed E-state index contributed by atoms with van der Waals surface area (Å²) < 4.78 is 24.7. The molecule has 0 radical (unpaired) electrons. The molecule has 0 fully saturated rings. The molecule has 1 nitrogen and oxygen atoms in total. The summed E-state index contributed by atoms with van der Waals surface area (Å²) in [7, 11) is 0. The molecule has 2 rings (SSSR count). The number of phenols is 1. The van der Waals surface area contributed by atoms with Crippen LogP contribution in [0, 0.1) is 0 Å². The average molecular weight is 220 g/mol. The average Bonchev–Trinajstić information content (AvgIpc) is 2.29. The second kappa shape index (κ2) is 4.31. The molecular formula is C13H10F2O. The van der Waals surface area contributed by atoms with Crippen molar-refractivity contribution in [3.05, 3.63) is 54.1 Å². The molecule has 0 spiro atoms. The Balaban J connectivity index is 2.35. The molecule has 2 aromatic carbocycles. The lowest BCUT2D eigenvalue weighted by Gasteiger charge is -2.04. The highest BCUT2D eigenvalue weighted by Gasteiger charge is 2.06. The lowest BCUT2D eigenvalue weighted by atomic mass is 10.0. The first-order chi connectivity index (χ1) is 7.66. The topological polar surface area (TPSA) is 20.2 Å². The van der Waals surface area contributed by atoms with Gasteiger partial charge < -0.3 is 5.11 Å². The van der Waals surface area contributed by atoms with E-state index in [4.69, 9.17) is 0 Å². The predicted octanol–water partition coefficient (Wildman–Crippen LogP) is 4.00. The van der Waals surface area contributed by atoms with E-state index in [1.165, 1.54) is 12.1 Å². The van der Waals surface area contributed by atoms with Gasteiger partial charge in [-0.3, -0.25) is 0 Å². The van der Waals surface area contributed by atoms with E-state index in [1.807, 2.05) is 6.07 Å². The second-order valence-electron chi connectivity index (χ2n) is 3.47. The Morgan fingerprint density at radius 3 is 2.12 bits per heavy atom. The van der Waals surface area contributed by atoms with Gasteiger partial charge in [0.2, 0.25) is 0 Å². The number of aromatic hydroxyl groups is 1. The Morgan fingerprint density at radius 2 is 1.56 bits per heavy atom. The molecule has 0 aromatic heterocycles. The van der Waals surface area contributed by atoms with E-state index in [1.54, 1.807) is 30.3 Å². The number of halogens is 2. The summed E-state index contributed by atoms with van der Waals surface area (Å²) >= 11 is 0. The molecule has 1 N–H and O–H groups in total. The molecule has 0 amide bonds. The van der Waals surface area contributed by atoms with Crippen molar-refractivity contribution >= 4 is 0 Å². The van der Waals surface area contributed by atoms with E-state index in [-0.39, 0.29) is 11.3 Å². The first kappa shape index (κ1) is 10.6. The van der Waals surface area contributed by atoms with Crippen LogP contribution in [0.25, 0.3) is 11.1 Å². The van der Waals surface area contributed by atoms with Crippen molar-refractivity contribution in [1.29, 1.82) is 0 Å². The van der Waals surface area contributed by atoms with E-state index in [2.05, 4.69) is 0 Å². The van der Waals surface area contributed by atoms with E-state index in [0.717, 1.165) is 11.1 Å². The minimum Gasteiger partial charge on any atom is -0.508 e. The van der Waals surface area contributed by atoms with Crippen LogP contribution in [0.1, 0.15) is 12.0 Å². The predicted molar refractivity (Wildman–Crippen MR) is 58.5 cm³/mol. The lowest BCUT2D eigenvalue weighted by molar-refractivity contribution is 0.151. The summed E-state index contributed by atoms with van der Waals surface area (Å²) in [6.07, 6.45) is -2.45. The zero-order valence-electron chi connectivity index (χ0n) is 8.40. The fourth-order valence-corrected chi connectivity index (χ4v) is 1.51. The van der Waals surface area contributed by atoms with Crippen molar-refractivity contribution in [2.45, 2.75) is 6.43 Å². The molecule has 0 aliphatic heterocycles. The molecular weight excluding hydrogens is 210 g/mol. The highest BCUT2D eigenvalue weighted by molar-refractivity contribution is 5.65. The monoisotopic (exact) mass is 220 g/mol. The first-order valence-corrected chi connectivity index (χ1v) is 4.84. The van der Waals surface area contributed by atoms with Gasteiger partial charge in [-0.25, -0.2) is 8.78 Å². The van der Waals surface area contributed by atoms with Gasteiger partial charge in [0.1, 0.15) is 5.75 Å². The second-order valence-corrected chi connectivity index (χ2v) is 3.47. The standard InChI is InChI=1S/C13H10F2O/c14-13(15)10-6-4-9(5-7-10)11-2-1-3-12(16)8-11/h1-8,13,16H. The van der Waals surface area contributed by atoms with Gasteiger partial charge in [-0.15, -0.1) is 0 Å². The van der Waals surface area contributed by atoms with Crippen molar-refractivity contribution < 1.29 is 13.9 Å². The molecule has 2 aromatic rings. The number of rotatable bonds is 2. The van der Waals surface area contributed by atoms with Crippen LogP contribution < -0.4 is 0 Å². The summed E-state index contributed by atoms with van der Waals surface area (Å²) in [5, 5.41) is 9.30. The molecule has 3 heteroatoms. The molecule has 0 atom stereocenters. The molecule has 0 heterocycles. The number of benzene rings is 2. The third kappa shape index (κ3) is 2.19. The van der Waals surface area contributed by atoms with Crippen molar-refractivity contribution in [1.82, 2.24) is 0 Å². The van der Waals surface area contributed by atoms with Crippen molar-refractivity contribution in [3.8, 4) is 16.9 Å². The van der Waals surface area contributed by atoms with E-state index < -0.39 is 6.43 Å². The SMILES string of the molecule is Oc1cccc(-c2ccc(C(F)F)cc2)c1. The molecule has 0 saturated carbocycles. The zero-order chi connectivity index (χ0) is 11.5. The van der Waals surface area contributed by atoms with E-state index >= 15 is 0 Å². The Bertz CT molecular complexity index is 478. The third-order valence-electron chi connectivity index (χ3n) is 2.34. The summed E-state index contributed by atoms with van der Waals surface area (Å²) in [6, 6.07) is 12.7. The molecule has 0 aliphatic rings. The van der Waals surface area contributed by atoms with Crippen LogP contribution >= 0.6 is 0 Å². The minimum atomic E-state index is -2.45. The summed E-state index contributed by atoms with van der Waals surface area (Å²) in [5.41, 5.74) is 1.62. The van der Waals surface area contributed by atoms with Crippen LogP contribution in [-0.2, 0) is 0 Å². The van der Waals surface area contributed by atoms with Crippen molar-refractivity contribution in [3.63, 3.8) is 0 Å². The van der Waals surface area contributed by atoms with Crippen LogP contribution in [0.3, 0.4) is 0 Å². The van der Waals surface area contributed by atoms with Gasteiger partial charge in [0.05, 0.1) is 0 Å². The van der Waals surface area contributed by atoms with Gasteiger partial charge in [0, 0.05) is 5.56 Å². The highest BCUT2D eigenvalue weighted by atomic mass is 19.3. The number of phenolic OH excluding ortho intramolecular Hbond substituents is 1. The van der Waals surface area contributed by atoms with Crippen LogP contribution in [0.15, 0.2) is 48.5 Å². The van der Waals surface area contributed by atoms with Crippen LogP contribution in [0.5, 0.6) is 5.75 Å². The number of hydrogen-bond acceptors (Lipinski definition) is 1. The quantitative estimate of drug-likeness (QED) is 0.811. The van der Waals surface area contributed by atoms with Gasteiger partial charge in [-0.1, -0.05) is 36.4 Å². The Labute approximate surface area is 92.0 Å². The molecule has 0 bridgehead atoms. The normalized spacial score (nSPS) is 10.7. The lowest BCUT2D eigenvalue weighted by Crippen LogP contribution is -1.84. The smallest absolute Gasteiger partial charge is 0.263 e. The van der Waals surface area contributed by atoms with Gasteiger partial charge in [-0.05, 0) is 23.3 Å². The highest BCUT2D eigenvalue weighted by Crippen LogP contribution is 2.26. The van der Waals surface area contributed by atoms with E-state index in [0.29, 0.717) is 0 Å². The molecule has 0 saturated heterocycles. The molecule has 0 unspecified atom stereocenters. The Hall–Kier alpha value is -1.90. The first-order valence-electron chi connectivity index (χ1n) is 4.84. The van der Waals surface area contributed by atoms with Crippen molar-refractivity contribution in [2.24, 2.45) is 0 Å². The molecule has 82 valence electrons. The maximum atomic E-state index is 12.3. The minimum absolute atomic E-state index is 0.00361. The van der Waals surface area contributed by atoms with E-state index in [9.17, 15) is 13.9 Å². The molecule has 0 aliphatic carbocycles. The Morgan fingerprint density at radius 1 is 0.875 bits per heavy atom. The van der Waals surface area contributed by atoms with Crippen molar-refractivity contribution in [2.75, 3.05) is 0 Å². The maximum absolute atomic E-state index is 12.3. The molecule has 16 heavy (non-hydrogen) atoms. The zero-order valence-corrected chi connectivity index (χ0v) is 8.40. The largest absolute Gasteiger partial charge is 0.508 e. The van der Waals surface area contributed by atoms with Gasteiger partial charge in [0.15, 0.2) is 0 Å². The van der Waals surface area contributed by atoms with Gasteiger partial charge in [0.25, 0.3) is 6.43 Å². The van der Waals surface area contributed by atoms with Crippen LogP contribution in [0.2, 0.25) is 0 Å². The fraction of sp³-hybridized carbons (Fsp3) is 0.0769. The van der Waals surface area contributed by atoms with Crippen LogP contribution in [-0.4, -0.2) is 5.11 Å². The summed E-state index contributed by atoms with van der Waals surface area (Å²) in [6.45, 7) is 0. The van der Waals surface area contributed by atoms with Gasteiger partial charge >= 0.3 is 0 Å². The number of hydrogen-bond donors (Lipinski definition) is 1. The van der Waals surface area contributed by atoms with Gasteiger partial charge in [-0.2, -0.15) is 0 Å². The van der Waals surface area contributed by atoms with Crippen LogP contribution in [0.4, 0.5) is 8.78 Å².